The summed E-state index contributed by atoms with van der Waals surface area (Å²) in [4.78, 5) is 15.0. The number of carbonyl (C=O) groups is 1. The number of nitrogens with one attached hydrogen (secondary N) is 1. The van der Waals surface area contributed by atoms with Gasteiger partial charge in [-0.25, -0.2) is 13.1 Å². The maximum Gasteiger partial charge on any atom is 0.254 e. The molecule has 1 unspecified atom stereocenters. The summed E-state index contributed by atoms with van der Waals surface area (Å²) < 4.78 is 28.0. The molecule has 6 heteroatoms. The molecule has 1 aromatic carbocycles. The van der Waals surface area contributed by atoms with Crippen LogP contribution in [0.5, 0.6) is 0 Å². The SMILES string of the molecule is CCC1CCCCN1C(=O)c1ccc(S(=O)(=O)NC2CCCCC2)cc1. The Labute approximate surface area is 157 Å². The van der Waals surface area contributed by atoms with E-state index in [1.54, 1.807) is 24.3 Å². The Morgan fingerprint density at radius 1 is 1.04 bits per heavy atom. The van der Waals surface area contributed by atoms with Crippen LogP contribution in [0.25, 0.3) is 0 Å². The molecule has 1 aliphatic heterocycles. The van der Waals surface area contributed by atoms with Gasteiger partial charge in [-0.3, -0.25) is 4.79 Å². The number of rotatable bonds is 5. The summed E-state index contributed by atoms with van der Waals surface area (Å²) in [5, 5.41) is 0. The van der Waals surface area contributed by atoms with Gasteiger partial charge in [0.25, 0.3) is 5.91 Å². The summed E-state index contributed by atoms with van der Waals surface area (Å²) >= 11 is 0. The van der Waals surface area contributed by atoms with Gasteiger partial charge in [-0.15, -0.1) is 0 Å². The number of likely N-dealkylation sites (tertiary alicyclic amines) is 1. The number of hydrogen-bond acceptors (Lipinski definition) is 3. The lowest BCUT2D eigenvalue weighted by Crippen LogP contribution is -2.43. The van der Waals surface area contributed by atoms with E-state index in [-0.39, 0.29) is 16.8 Å². The van der Waals surface area contributed by atoms with Crippen molar-refractivity contribution in [1.29, 1.82) is 0 Å². The Balaban J connectivity index is 1.70. The van der Waals surface area contributed by atoms with Crippen molar-refractivity contribution < 1.29 is 13.2 Å². The zero-order valence-corrected chi connectivity index (χ0v) is 16.4. The van der Waals surface area contributed by atoms with Gasteiger partial charge in [-0.1, -0.05) is 26.2 Å². The zero-order chi connectivity index (χ0) is 18.6. The van der Waals surface area contributed by atoms with Crippen molar-refractivity contribution in [2.45, 2.75) is 81.7 Å². The van der Waals surface area contributed by atoms with Gasteiger partial charge >= 0.3 is 0 Å². The predicted octanol–water partition coefficient (Wildman–Crippen LogP) is 3.70. The number of nitrogens with zero attached hydrogens (tertiary/aromatic N) is 1. The third-order valence-corrected chi connectivity index (χ3v) is 7.23. The van der Waals surface area contributed by atoms with E-state index >= 15 is 0 Å². The molecule has 1 saturated carbocycles. The fraction of sp³-hybridized carbons (Fsp3) is 0.650. The molecule has 1 N–H and O–H groups in total. The van der Waals surface area contributed by atoms with Gasteiger partial charge < -0.3 is 4.90 Å². The standard InChI is InChI=1S/C20H30N2O3S/c1-2-18-10-6-7-15-22(18)20(23)16-11-13-19(14-12-16)26(24,25)21-17-8-4-3-5-9-17/h11-14,17-18,21H,2-10,15H2,1H3. The van der Waals surface area contributed by atoms with Crippen molar-refractivity contribution in [3.8, 4) is 0 Å². The van der Waals surface area contributed by atoms with Crippen molar-refractivity contribution in [3.63, 3.8) is 0 Å². The van der Waals surface area contributed by atoms with Gasteiger partial charge in [0.05, 0.1) is 4.90 Å². The molecule has 1 amide bonds. The molecule has 0 bridgehead atoms. The van der Waals surface area contributed by atoms with E-state index in [1.807, 2.05) is 4.90 Å². The highest BCUT2D eigenvalue weighted by atomic mass is 32.2. The highest BCUT2D eigenvalue weighted by molar-refractivity contribution is 7.89. The van der Waals surface area contributed by atoms with Crippen LogP contribution in [0.3, 0.4) is 0 Å². The van der Waals surface area contributed by atoms with E-state index in [0.717, 1.165) is 51.5 Å². The van der Waals surface area contributed by atoms with Crippen molar-refractivity contribution in [1.82, 2.24) is 9.62 Å². The van der Waals surface area contributed by atoms with Crippen molar-refractivity contribution in [2.24, 2.45) is 0 Å². The van der Waals surface area contributed by atoms with E-state index in [9.17, 15) is 13.2 Å². The Morgan fingerprint density at radius 2 is 1.69 bits per heavy atom. The minimum Gasteiger partial charge on any atom is -0.336 e. The predicted molar refractivity (Wildman–Crippen MR) is 103 cm³/mol. The van der Waals surface area contributed by atoms with E-state index < -0.39 is 10.0 Å². The molecule has 1 aliphatic carbocycles. The van der Waals surface area contributed by atoms with E-state index in [4.69, 9.17) is 0 Å². The summed E-state index contributed by atoms with van der Waals surface area (Å²) in [6.07, 6.45) is 9.39. The van der Waals surface area contributed by atoms with Crippen LogP contribution >= 0.6 is 0 Å². The second-order valence-electron chi connectivity index (χ2n) is 7.54. The molecule has 2 aliphatic rings. The summed E-state index contributed by atoms with van der Waals surface area (Å²) in [5.41, 5.74) is 0.571. The molecule has 144 valence electrons. The molecule has 0 radical (unpaired) electrons. The third kappa shape index (κ3) is 4.46. The number of carbonyl (C=O) groups excluding carboxylic acids is 1. The lowest BCUT2D eigenvalue weighted by molar-refractivity contribution is 0.0608. The van der Waals surface area contributed by atoms with Crippen LogP contribution in [-0.2, 0) is 10.0 Å². The van der Waals surface area contributed by atoms with Crippen LogP contribution in [0.1, 0.15) is 75.1 Å². The second kappa shape index (κ2) is 8.53. The fourth-order valence-electron chi connectivity index (χ4n) is 4.14. The summed E-state index contributed by atoms with van der Waals surface area (Å²) in [7, 11) is -3.52. The van der Waals surface area contributed by atoms with Gasteiger partial charge in [0.15, 0.2) is 0 Å². The number of piperidine rings is 1. The molecule has 1 heterocycles. The first kappa shape index (κ1) is 19.4. The van der Waals surface area contributed by atoms with E-state index in [1.165, 1.54) is 12.8 Å². The van der Waals surface area contributed by atoms with Gasteiger partial charge in [-0.05, 0) is 62.8 Å². The van der Waals surface area contributed by atoms with Crippen LogP contribution in [0.2, 0.25) is 0 Å². The minimum atomic E-state index is -3.52. The van der Waals surface area contributed by atoms with Crippen molar-refractivity contribution >= 4 is 15.9 Å². The Morgan fingerprint density at radius 3 is 2.35 bits per heavy atom. The van der Waals surface area contributed by atoms with Crippen molar-refractivity contribution in [2.75, 3.05) is 6.54 Å². The first-order valence-corrected chi connectivity index (χ1v) is 11.4. The van der Waals surface area contributed by atoms with Crippen LogP contribution < -0.4 is 4.72 Å². The number of hydrogen-bond donors (Lipinski definition) is 1. The molecular formula is C20H30N2O3S. The monoisotopic (exact) mass is 378 g/mol. The minimum absolute atomic E-state index is 0.0146. The lowest BCUT2D eigenvalue weighted by atomic mass is 9.96. The van der Waals surface area contributed by atoms with Crippen LogP contribution in [0.15, 0.2) is 29.2 Å². The zero-order valence-electron chi connectivity index (χ0n) is 15.6. The Bertz CT molecular complexity index is 709. The average molecular weight is 379 g/mol. The maximum atomic E-state index is 12.8. The van der Waals surface area contributed by atoms with Gasteiger partial charge in [0.2, 0.25) is 10.0 Å². The lowest BCUT2D eigenvalue weighted by Gasteiger charge is -2.35. The molecule has 3 rings (SSSR count). The third-order valence-electron chi connectivity index (χ3n) is 5.70. The molecule has 2 fully saturated rings. The Kier molecular flexibility index (Phi) is 6.35. The molecule has 5 nitrogen and oxygen atoms in total. The topological polar surface area (TPSA) is 66.5 Å². The van der Waals surface area contributed by atoms with Crippen LogP contribution in [0, 0.1) is 0 Å². The summed E-state index contributed by atoms with van der Waals surface area (Å²) in [6.45, 7) is 2.91. The average Bonchev–Trinajstić information content (AvgIpc) is 2.68. The Hall–Kier alpha value is -1.40. The molecule has 0 aromatic heterocycles. The maximum absolute atomic E-state index is 12.8. The number of benzene rings is 1. The van der Waals surface area contributed by atoms with Crippen LogP contribution in [0.4, 0.5) is 0 Å². The highest BCUT2D eigenvalue weighted by Gasteiger charge is 2.27. The van der Waals surface area contributed by atoms with Gasteiger partial charge in [0, 0.05) is 24.2 Å². The number of sulfonamides is 1. The first-order chi connectivity index (χ1) is 12.5. The largest absolute Gasteiger partial charge is 0.336 e. The normalized spacial score (nSPS) is 22.3. The molecule has 1 atom stereocenters. The summed E-state index contributed by atoms with van der Waals surface area (Å²) in [6, 6.07) is 6.76. The molecular weight excluding hydrogens is 348 g/mol. The number of amides is 1. The second-order valence-corrected chi connectivity index (χ2v) is 9.25. The van der Waals surface area contributed by atoms with Gasteiger partial charge in [-0.2, -0.15) is 0 Å². The summed E-state index contributed by atoms with van der Waals surface area (Å²) in [5.74, 6) is 0.0146. The van der Waals surface area contributed by atoms with E-state index in [0.29, 0.717) is 11.6 Å². The smallest absolute Gasteiger partial charge is 0.254 e. The fourth-order valence-corrected chi connectivity index (χ4v) is 5.45. The molecule has 1 aromatic rings. The molecule has 1 saturated heterocycles. The van der Waals surface area contributed by atoms with E-state index in [2.05, 4.69) is 11.6 Å². The van der Waals surface area contributed by atoms with Crippen LogP contribution in [-0.4, -0.2) is 37.9 Å². The molecule has 26 heavy (non-hydrogen) atoms. The highest BCUT2D eigenvalue weighted by Crippen LogP contribution is 2.23. The van der Waals surface area contributed by atoms with Gasteiger partial charge in [0.1, 0.15) is 0 Å². The molecule has 0 spiro atoms. The van der Waals surface area contributed by atoms with Crippen molar-refractivity contribution in [3.05, 3.63) is 29.8 Å². The first-order valence-electron chi connectivity index (χ1n) is 9.94. The quantitative estimate of drug-likeness (QED) is 0.849.